The van der Waals surface area contributed by atoms with Gasteiger partial charge in [-0.25, -0.2) is 4.98 Å². The SMILES string of the molecule is Cc1cn2c(C=O)c(Cl)nc2s1. The summed E-state index contributed by atoms with van der Waals surface area (Å²) in [5, 5.41) is 0.274. The van der Waals surface area contributed by atoms with E-state index in [1.807, 2.05) is 13.1 Å². The van der Waals surface area contributed by atoms with Crippen LogP contribution in [0.1, 0.15) is 15.4 Å². The second-order valence-electron chi connectivity index (χ2n) is 2.40. The molecule has 5 heteroatoms. The van der Waals surface area contributed by atoms with E-state index < -0.39 is 0 Å². The van der Waals surface area contributed by atoms with Crippen molar-refractivity contribution in [1.29, 1.82) is 0 Å². The molecular formula is C7H5ClN2OS. The Balaban J connectivity index is 2.86. The highest BCUT2D eigenvalue weighted by Gasteiger charge is 2.10. The lowest BCUT2D eigenvalue weighted by atomic mass is 10.5. The summed E-state index contributed by atoms with van der Waals surface area (Å²) in [6.45, 7) is 1.96. The molecule has 0 atom stereocenters. The van der Waals surface area contributed by atoms with Crippen molar-refractivity contribution in [2.75, 3.05) is 0 Å². The molecule has 3 nitrogen and oxygen atoms in total. The van der Waals surface area contributed by atoms with Crippen LogP contribution in [-0.2, 0) is 0 Å². The fourth-order valence-corrected chi connectivity index (χ4v) is 2.15. The van der Waals surface area contributed by atoms with E-state index in [0.717, 1.165) is 9.84 Å². The number of halogens is 1. The van der Waals surface area contributed by atoms with Crippen LogP contribution in [0.15, 0.2) is 6.20 Å². The molecule has 0 radical (unpaired) electrons. The normalized spacial score (nSPS) is 10.8. The van der Waals surface area contributed by atoms with Gasteiger partial charge in [0.25, 0.3) is 0 Å². The van der Waals surface area contributed by atoms with Crippen molar-refractivity contribution in [3.63, 3.8) is 0 Å². The minimum Gasteiger partial charge on any atom is -0.296 e. The van der Waals surface area contributed by atoms with E-state index in [1.54, 1.807) is 4.40 Å². The van der Waals surface area contributed by atoms with E-state index in [2.05, 4.69) is 4.98 Å². The zero-order valence-corrected chi connectivity index (χ0v) is 7.82. The number of carbonyl (C=O) groups is 1. The third kappa shape index (κ3) is 0.956. The molecule has 2 aromatic heterocycles. The zero-order chi connectivity index (χ0) is 8.72. The van der Waals surface area contributed by atoms with Crippen molar-refractivity contribution in [3.8, 4) is 0 Å². The van der Waals surface area contributed by atoms with Gasteiger partial charge in [-0.2, -0.15) is 0 Å². The lowest BCUT2D eigenvalue weighted by molar-refractivity contribution is 0.111. The first-order valence-electron chi connectivity index (χ1n) is 3.31. The van der Waals surface area contributed by atoms with Gasteiger partial charge in [-0.3, -0.25) is 9.20 Å². The van der Waals surface area contributed by atoms with Crippen LogP contribution >= 0.6 is 22.9 Å². The maximum Gasteiger partial charge on any atom is 0.195 e. The molecule has 12 heavy (non-hydrogen) atoms. The maximum atomic E-state index is 10.6. The largest absolute Gasteiger partial charge is 0.296 e. The molecule has 2 aromatic rings. The Bertz CT molecular complexity index is 445. The van der Waals surface area contributed by atoms with Crippen LogP contribution in [0, 0.1) is 6.92 Å². The smallest absolute Gasteiger partial charge is 0.195 e. The Hall–Kier alpha value is -0.870. The van der Waals surface area contributed by atoms with Crippen molar-refractivity contribution < 1.29 is 4.79 Å². The number of fused-ring (bicyclic) bond motifs is 1. The van der Waals surface area contributed by atoms with Crippen LogP contribution in [0.4, 0.5) is 0 Å². The number of rotatable bonds is 1. The summed E-state index contributed by atoms with van der Waals surface area (Å²) in [4.78, 5) is 16.5. The molecule has 2 heterocycles. The number of nitrogens with zero attached hydrogens (tertiary/aromatic N) is 2. The Kier molecular flexibility index (Phi) is 1.66. The van der Waals surface area contributed by atoms with Crippen LogP contribution in [0.5, 0.6) is 0 Å². The first kappa shape index (κ1) is 7.76. The fraction of sp³-hybridized carbons (Fsp3) is 0.143. The van der Waals surface area contributed by atoms with Gasteiger partial charge in [0, 0.05) is 11.1 Å². The van der Waals surface area contributed by atoms with Crippen LogP contribution in [0.2, 0.25) is 5.15 Å². The number of thiazole rings is 1. The Morgan fingerprint density at radius 1 is 1.75 bits per heavy atom. The molecule has 0 spiro atoms. The van der Waals surface area contributed by atoms with Crippen LogP contribution in [-0.4, -0.2) is 15.7 Å². The first-order valence-corrected chi connectivity index (χ1v) is 4.51. The highest BCUT2D eigenvalue weighted by Crippen LogP contribution is 2.22. The molecule has 0 saturated heterocycles. The van der Waals surface area contributed by atoms with Gasteiger partial charge in [-0.15, -0.1) is 11.3 Å². The Morgan fingerprint density at radius 2 is 2.50 bits per heavy atom. The number of hydrogen-bond donors (Lipinski definition) is 0. The summed E-state index contributed by atoms with van der Waals surface area (Å²) in [6.07, 6.45) is 2.57. The highest BCUT2D eigenvalue weighted by atomic mass is 35.5. The molecule has 2 rings (SSSR count). The van der Waals surface area contributed by atoms with Gasteiger partial charge in [0.15, 0.2) is 16.4 Å². The van der Waals surface area contributed by atoms with Gasteiger partial charge < -0.3 is 0 Å². The molecule has 0 fully saturated rings. The molecule has 0 aromatic carbocycles. The van der Waals surface area contributed by atoms with Gasteiger partial charge in [-0.1, -0.05) is 11.6 Å². The summed E-state index contributed by atoms with van der Waals surface area (Å²) in [5.41, 5.74) is 0.427. The molecular weight excluding hydrogens is 196 g/mol. The van der Waals surface area contributed by atoms with Crippen molar-refractivity contribution in [3.05, 3.63) is 21.9 Å². The molecule has 0 amide bonds. The summed E-state index contributed by atoms with van der Waals surface area (Å²) >= 11 is 7.22. The molecule has 0 saturated carbocycles. The molecule has 0 aliphatic heterocycles. The zero-order valence-electron chi connectivity index (χ0n) is 6.24. The molecule has 0 aliphatic rings. The fourth-order valence-electron chi connectivity index (χ4n) is 1.05. The Labute approximate surface area is 77.6 Å². The van der Waals surface area contributed by atoms with E-state index in [4.69, 9.17) is 11.6 Å². The van der Waals surface area contributed by atoms with E-state index in [9.17, 15) is 4.79 Å². The lowest BCUT2D eigenvalue weighted by Crippen LogP contribution is -1.85. The monoisotopic (exact) mass is 200 g/mol. The van der Waals surface area contributed by atoms with Gasteiger partial charge >= 0.3 is 0 Å². The third-order valence-electron chi connectivity index (χ3n) is 1.55. The van der Waals surface area contributed by atoms with Crippen molar-refractivity contribution in [2.24, 2.45) is 0 Å². The minimum absolute atomic E-state index is 0.274. The van der Waals surface area contributed by atoms with Crippen LogP contribution in [0.25, 0.3) is 4.96 Å². The second kappa shape index (κ2) is 2.57. The van der Waals surface area contributed by atoms with Gasteiger partial charge in [0.05, 0.1) is 0 Å². The van der Waals surface area contributed by atoms with Crippen molar-refractivity contribution >= 4 is 34.2 Å². The summed E-state index contributed by atoms with van der Waals surface area (Å²) in [6, 6.07) is 0. The molecule has 0 bridgehead atoms. The van der Waals surface area contributed by atoms with Gasteiger partial charge in [0.2, 0.25) is 0 Å². The summed E-state index contributed by atoms with van der Waals surface area (Å²) < 4.78 is 1.70. The average Bonchev–Trinajstić information content (AvgIpc) is 2.43. The minimum atomic E-state index is 0.274. The summed E-state index contributed by atoms with van der Waals surface area (Å²) in [7, 11) is 0. The average molecular weight is 201 g/mol. The molecule has 0 N–H and O–H groups in total. The van der Waals surface area contributed by atoms with Crippen LogP contribution in [0.3, 0.4) is 0 Å². The third-order valence-corrected chi connectivity index (χ3v) is 2.72. The quantitative estimate of drug-likeness (QED) is 0.662. The molecule has 62 valence electrons. The maximum absolute atomic E-state index is 10.6. The number of imidazole rings is 1. The van der Waals surface area contributed by atoms with Gasteiger partial charge in [-0.05, 0) is 6.92 Å². The number of aryl methyl sites for hydroxylation is 1. The van der Waals surface area contributed by atoms with E-state index in [1.165, 1.54) is 11.3 Å². The van der Waals surface area contributed by atoms with Crippen molar-refractivity contribution in [2.45, 2.75) is 6.92 Å². The lowest BCUT2D eigenvalue weighted by Gasteiger charge is -1.84. The summed E-state index contributed by atoms with van der Waals surface area (Å²) in [5.74, 6) is 0. The predicted octanol–water partition coefficient (Wildman–Crippen LogP) is 2.17. The number of aromatic nitrogens is 2. The number of carbonyl (C=O) groups excluding carboxylic acids is 1. The first-order chi connectivity index (χ1) is 5.72. The van der Waals surface area contributed by atoms with Gasteiger partial charge in [0.1, 0.15) is 5.69 Å². The van der Waals surface area contributed by atoms with E-state index in [-0.39, 0.29) is 5.15 Å². The standard InChI is InChI=1S/C7H5ClN2OS/c1-4-2-10-5(3-11)6(8)9-7(10)12-4/h2-3H,1H3. The number of hydrogen-bond acceptors (Lipinski definition) is 3. The van der Waals surface area contributed by atoms with E-state index in [0.29, 0.717) is 12.0 Å². The van der Waals surface area contributed by atoms with Crippen LogP contribution < -0.4 is 0 Å². The predicted molar refractivity (Wildman–Crippen MR) is 48.2 cm³/mol. The highest BCUT2D eigenvalue weighted by molar-refractivity contribution is 7.17. The molecule has 0 aliphatic carbocycles. The Morgan fingerprint density at radius 3 is 3.17 bits per heavy atom. The van der Waals surface area contributed by atoms with E-state index >= 15 is 0 Å². The topological polar surface area (TPSA) is 34.4 Å². The number of aldehydes is 1. The second-order valence-corrected chi connectivity index (χ2v) is 3.97. The molecule has 0 unspecified atom stereocenters. The van der Waals surface area contributed by atoms with Crippen molar-refractivity contribution in [1.82, 2.24) is 9.38 Å².